The molecule has 0 aliphatic rings. The Kier molecular flexibility index (Phi) is 3.77. The van der Waals surface area contributed by atoms with E-state index in [1.165, 1.54) is 6.92 Å². The van der Waals surface area contributed by atoms with E-state index in [-0.39, 0.29) is 12.3 Å². The summed E-state index contributed by atoms with van der Waals surface area (Å²) in [5, 5.41) is 0. The molecule has 3 nitrogen and oxygen atoms in total. The van der Waals surface area contributed by atoms with Crippen molar-refractivity contribution in [2.24, 2.45) is 5.73 Å². The summed E-state index contributed by atoms with van der Waals surface area (Å²) >= 11 is 1.89. The lowest BCUT2D eigenvalue weighted by atomic mass is 10.2. The van der Waals surface area contributed by atoms with E-state index in [4.69, 9.17) is 5.73 Å². The fourth-order valence-corrected chi connectivity index (χ4v) is 1.61. The zero-order valence-electron chi connectivity index (χ0n) is 7.73. The third kappa shape index (κ3) is 3.20. The molecule has 2 N–H and O–H groups in total. The first-order chi connectivity index (χ1) is 6.85. The highest BCUT2D eigenvalue weighted by molar-refractivity contribution is 14.1. The molecule has 1 aromatic rings. The molecule has 0 bridgehead atoms. The van der Waals surface area contributed by atoms with Crippen molar-refractivity contribution in [1.29, 1.82) is 0 Å². The first kappa shape index (κ1) is 12.5. The van der Waals surface area contributed by atoms with Gasteiger partial charge < -0.3 is 10.5 Å². The Bertz CT molecular complexity index is 368. The monoisotopic (exact) mass is 332 g/mol. The third-order valence-corrected chi connectivity index (χ3v) is 3.14. The second-order valence-electron chi connectivity index (χ2n) is 2.76. The molecule has 0 aromatic carbocycles. The first-order valence-corrected chi connectivity index (χ1v) is 5.03. The Balaban J connectivity index is 3.07. The minimum Gasteiger partial charge on any atom is -0.404 e. The molecular weight excluding hydrogens is 324 g/mol. The molecule has 0 unspecified atom stereocenters. The second kappa shape index (κ2) is 4.52. The molecular formula is C8H8F3IN2O. The van der Waals surface area contributed by atoms with E-state index in [0.29, 0.717) is 14.8 Å². The van der Waals surface area contributed by atoms with E-state index in [2.05, 4.69) is 9.72 Å². The average molecular weight is 332 g/mol. The lowest BCUT2D eigenvalue weighted by Gasteiger charge is -2.13. The highest BCUT2D eigenvalue weighted by Gasteiger charge is 2.32. The van der Waals surface area contributed by atoms with Gasteiger partial charge in [-0.3, -0.25) is 4.98 Å². The number of aromatic nitrogens is 1. The van der Waals surface area contributed by atoms with Crippen molar-refractivity contribution < 1.29 is 17.9 Å². The standard InChI is InChI=1S/C8H8F3IN2O/c1-4-6(15-8(9,10)11)3-14-5(2-13)7(4)12/h3H,2,13H2,1H3. The van der Waals surface area contributed by atoms with Crippen LogP contribution in [-0.2, 0) is 6.54 Å². The molecule has 0 aliphatic carbocycles. The summed E-state index contributed by atoms with van der Waals surface area (Å²) in [7, 11) is 0. The van der Waals surface area contributed by atoms with Crippen molar-refractivity contribution in [3.63, 3.8) is 0 Å². The number of ether oxygens (including phenoxy) is 1. The van der Waals surface area contributed by atoms with Gasteiger partial charge in [-0.05, 0) is 29.5 Å². The lowest BCUT2D eigenvalue weighted by Crippen LogP contribution is -2.18. The van der Waals surface area contributed by atoms with Crippen LogP contribution in [0.15, 0.2) is 6.20 Å². The topological polar surface area (TPSA) is 48.1 Å². The molecule has 0 saturated heterocycles. The van der Waals surface area contributed by atoms with Gasteiger partial charge >= 0.3 is 6.36 Å². The van der Waals surface area contributed by atoms with Gasteiger partial charge in [-0.2, -0.15) is 0 Å². The highest BCUT2D eigenvalue weighted by atomic mass is 127. The third-order valence-electron chi connectivity index (χ3n) is 1.71. The minimum atomic E-state index is -4.69. The number of rotatable bonds is 2. The molecule has 1 rings (SSSR count). The molecule has 84 valence electrons. The maximum Gasteiger partial charge on any atom is 0.573 e. The Morgan fingerprint density at radius 3 is 2.60 bits per heavy atom. The highest BCUT2D eigenvalue weighted by Crippen LogP contribution is 2.29. The van der Waals surface area contributed by atoms with Crippen LogP contribution in [0.25, 0.3) is 0 Å². The molecule has 0 atom stereocenters. The summed E-state index contributed by atoms with van der Waals surface area (Å²) in [4.78, 5) is 3.78. The van der Waals surface area contributed by atoms with E-state index in [1.54, 1.807) is 0 Å². The minimum absolute atomic E-state index is 0.186. The van der Waals surface area contributed by atoms with Crippen LogP contribution in [-0.4, -0.2) is 11.3 Å². The van der Waals surface area contributed by atoms with E-state index < -0.39 is 6.36 Å². The number of hydrogen-bond acceptors (Lipinski definition) is 3. The van der Waals surface area contributed by atoms with Gasteiger partial charge in [-0.15, -0.1) is 13.2 Å². The van der Waals surface area contributed by atoms with Gasteiger partial charge in [0.15, 0.2) is 5.75 Å². The maximum atomic E-state index is 12.0. The van der Waals surface area contributed by atoms with Crippen molar-refractivity contribution in [2.45, 2.75) is 19.8 Å². The Morgan fingerprint density at radius 1 is 1.53 bits per heavy atom. The Morgan fingerprint density at radius 2 is 2.13 bits per heavy atom. The van der Waals surface area contributed by atoms with Crippen LogP contribution in [0.3, 0.4) is 0 Å². The summed E-state index contributed by atoms with van der Waals surface area (Å²) in [5.41, 5.74) is 6.32. The van der Waals surface area contributed by atoms with Crippen LogP contribution in [0.1, 0.15) is 11.3 Å². The SMILES string of the molecule is Cc1c(OC(F)(F)F)cnc(CN)c1I. The van der Waals surface area contributed by atoms with Gasteiger partial charge in [0.2, 0.25) is 0 Å². The van der Waals surface area contributed by atoms with Crippen LogP contribution >= 0.6 is 22.6 Å². The van der Waals surface area contributed by atoms with Crippen molar-refractivity contribution in [1.82, 2.24) is 4.98 Å². The maximum absolute atomic E-state index is 12.0. The first-order valence-electron chi connectivity index (χ1n) is 3.95. The quantitative estimate of drug-likeness (QED) is 0.846. The van der Waals surface area contributed by atoms with Crippen LogP contribution in [0.4, 0.5) is 13.2 Å². The van der Waals surface area contributed by atoms with Gasteiger partial charge in [0, 0.05) is 15.7 Å². The number of nitrogens with two attached hydrogens (primary N) is 1. The van der Waals surface area contributed by atoms with Gasteiger partial charge in [-0.25, -0.2) is 0 Å². The van der Waals surface area contributed by atoms with Gasteiger partial charge in [0.05, 0.1) is 11.9 Å². The number of alkyl halides is 3. The van der Waals surface area contributed by atoms with Crippen LogP contribution in [0.2, 0.25) is 0 Å². The van der Waals surface area contributed by atoms with Gasteiger partial charge in [-0.1, -0.05) is 0 Å². The normalized spacial score (nSPS) is 11.6. The molecule has 15 heavy (non-hydrogen) atoms. The Hall–Kier alpha value is -0.570. The molecule has 0 spiro atoms. The van der Waals surface area contributed by atoms with E-state index >= 15 is 0 Å². The molecule has 7 heteroatoms. The van der Waals surface area contributed by atoms with E-state index in [9.17, 15) is 13.2 Å². The molecule has 0 saturated carbocycles. The van der Waals surface area contributed by atoms with Gasteiger partial charge in [0.25, 0.3) is 0 Å². The van der Waals surface area contributed by atoms with Crippen LogP contribution in [0.5, 0.6) is 5.75 Å². The molecule has 0 radical (unpaired) electrons. The summed E-state index contributed by atoms with van der Waals surface area (Å²) < 4.78 is 40.3. The predicted molar refractivity (Wildman–Crippen MR) is 56.3 cm³/mol. The fraction of sp³-hybridized carbons (Fsp3) is 0.375. The van der Waals surface area contributed by atoms with Gasteiger partial charge in [0.1, 0.15) is 0 Å². The zero-order chi connectivity index (χ0) is 11.6. The number of pyridine rings is 1. The zero-order valence-corrected chi connectivity index (χ0v) is 9.89. The average Bonchev–Trinajstić information content (AvgIpc) is 2.11. The molecule has 0 amide bonds. The summed E-state index contributed by atoms with van der Waals surface area (Å²) in [5.74, 6) is -0.288. The molecule has 1 heterocycles. The summed E-state index contributed by atoms with van der Waals surface area (Å²) in [6, 6.07) is 0. The van der Waals surface area contributed by atoms with Crippen LogP contribution < -0.4 is 10.5 Å². The van der Waals surface area contributed by atoms with E-state index in [1.807, 2.05) is 22.6 Å². The number of halogens is 4. The lowest BCUT2D eigenvalue weighted by molar-refractivity contribution is -0.275. The van der Waals surface area contributed by atoms with Crippen molar-refractivity contribution in [3.05, 3.63) is 21.0 Å². The molecule has 0 aliphatic heterocycles. The van der Waals surface area contributed by atoms with Crippen LogP contribution in [0, 0.1) is 10.5 Å². The molecule has 1 aromatic heterocycles. The predicted octanol–water partition coefficient (Wildman–Crippen LogP) is 2.35. The van der Waals surface area contributed by atoms with E-state index in [0.717, 1.165) is 6.20 Å². The number of hydrogen-bond donors (Lipinski definition) is 1. The van der Waals surface area contributed by atoms with Crippen molar-refractivity contribution >= 4 is 22.6 Å². The summed E-state index contributed by atoms with van der Waals surface area (Å²) in [6.45, 7) is 1.72. The van der Waals surface area contributed by atoms with Crippen molar-refractivity contribution in [2.75, 3.05) is 0 Å². The fourth-order valence-electron chi connectivity index (χ4n) is 0.985. The molecule has 0 fully saturated rings. The smallest absolute Gasteiger partial charge is 0.404 e. The Labute approximate surface area is 98.0 Å². The number of nitrogens with zero attached hydrogens (tertiary/aromatic N) is 1. The largest absolute Gasteiger partial charge is 0.573 e. The van der Waals surface area contributed by atoms with Crippen molar-refractivity contribution in [3.8, 4) is 5.75 Å². The summed E-state index contributed by atoms with van der Waals surface area (Å²) in [6.07, 6.45) is -3.66. The second-order valence-corrected chi connectivity index (χ2v) is 3.84.